The summed E-state index contributed by atoms with van der Waals surface area (Å²) >= 11 is 1.18. The Bertz CT molecular complexity index is 655. The zero-order chi connectivity index (χ0) is 20.4. The molecule has 2 rings (SSSR count). The van der Waals surface area contributed by atoms with Crippen LogP contribution >= 0.6 is 11.7 Å². The molecular formula is C20H34IN3O4S. The molecule has 0 spiro atoms. The van der Waals surface area contributed by atoms with Gasteiger partial charge in [-0.15, -0.1) is 4.37 Å². The minimum atomic E-state index is -0.601. The number of rotatable bonds is 11. The predicted octanol–water partition coefficient (Wildman–Crippen LogP) is 1.64. The molecule has 2 unspecified atom stereocenters. The quantitative estimate of drug-likeness (QED) is 0.184. The number of unbranched alkanes of at least 4 members (excludes halogenated alkanes) is 3. The topological polar surface area (TPSA) is 70.5 Å². The van der Waals surface area contributed by atoms with Crippen LogP contribution in [0.5, 0.6) is 5.88 Å². The van der Waals surface area contributed by atoms with Gasteiger partial charge < -0.3 is 38.2 Å². The highest BCUT2D eigenvalue weighted by molar-refractivity contribution is 6.99. The Balaban J connectivity index is 0.00000420. The summed E-state index contributed by atoms with van der Waals surface area (Å²) in [5.41, 5.74) is 1.92. The fourth-order valence-electron chi connectivity index (χ4n) is 3.20. The summed E-state index contributed by atoms with van der Waals surface area (Å²) in [6.07, 6.45) is 7.59. The Hall–Kier alpha value is -0.940. The van der Waals surface area contributed by atoms with Gasteiger partial charge in [-0.05, 0) is 12.8 Å². The van der Waals surface area contributed by atoms with E-state index in [1.807, 2.05) is 13.8 Å². The lowest BCUT2D eigenvalue weighted by Gasteiger charge is -2.41. The lowest BCUT2D eigenvalue weighted by Crippen LogP contribution is -3.00. The smallest absolute Gasteiger partial charge is 0.512 e. The average molecular weight is 539 g/mol. The lowest BCUT2D eigenvalue weighted by atomic mass is 10.0. The second-order valence-electron chi connectivity index (χ2n) is 7.52. The first kappa shape index (κ1) is 26.1. The molecule has 0 saturated heterocycles. The van der Waals surface area contributed by atoms with Crippen LogP contribution in [0.1, 0.15) is 65.0 Å². The van der Waals surface area contributed by atoms with Crippen molar-refractivity contribution in [1.29, 1.82) is 0 Å². The van der Waals surface area contributed by atoms with Crippen LogP contribution in [0, 0.1) is 0 Å². The number of likely N-dealkylation sites (N-methyl/N-ethyl adjacent to an activating group) is 1. The molecule has 0 radical (unpaired) electrons. The molecule has 166 valence electrons. The van der Waals surface area contributed by atoms with E-state index in [2.05, 4.69) is 28.8 Å². The fraction of sp³-hybridized carbons (Fsp3) is 0.750. The summed E-state index contributed by atoms with van der Waals surface area (Å²) in [5, 5.41) is 0. The van der Waals surface area contributed by atoms with E-state index in [1.165, 1.54) is 31.0 Å². The number of quaternary nitrogens is 1. The van der Waals surface area contributed by atoms with E-state index in [-0.39, 0.29) is 30.2 Å². The van der Waals surface area contributed by atoms with Crippen molar-refractivity contribution in [2.75, 3.05) is 33.4 Å². The van der Waals surface area contributed by atoms with Gasteiger partial charge in [0.25, 0.3) is 5.88 Å². The van der Waals surface area contributed by atoms with Crippen molar-refractivity contribution in [2.45, 2.75) is 65.5 Å². The van der Waals surface area contributed by atoms with Gasteiger partial charge in [-0.2, -0.15) is 4.37 Å². The van der Waals surface area contributed by atoms with Crippen LogP contribution in [-0.2, 0) is 9.47 Å². The van der Waals surface area contributed by atoms with Crippen LogP contribution in [0.25, 0.3) is 5.57 Å². The number of hydrogen-bond donors (Lipinski definition) is 0. The van der Waals surface area contributed by atoms with Crippen molar-refractivity contribution in [1.82, 2.24) is 8.75 Å². The van der Waals surface area contributed by atoms with Gasteiger partial charge >= 0.3 is 6.16 Å². The molecule has 9 heteroatoms. The van der Waals surface area contributed by atoms with Crippen molar-refractivity contribution in [2.24, 2.45) is 0 Å². The first-order chi connectivity index (χ1) is 13.5. The normalized spacial score (nSPS) is 19.7. The molecule has 2 heterocycles. The van der Waals surface area contributed by atoms with E-state index in [0.29, 0.717) is 30.1 Å². The van der Waals surface area contributed by atoms with Gasteiger partial charge in [-0.3, -0.25) is 4.48 Å². The molecule has 0 saturated carbocycles. The molecule has 0 fully saturated rings. The van der Waals surface area contributed by atoms with Gasteiger partial charge in [-0.1, -0.05) is 39.2 Å². The third-order valence-electron chi connectivity index (χ3n) is 5.13. The maximum atomic E-state index is 11.8. The summed E-state index contributed by atoms with van der Waals surface area (Å²) in [4.78, 5) is 11.8. The summed E-state index contributed by atoms with van der Waals surface area (Å²) in [5.74, 6) is 0.622. The van der Waals surface area contributed by atoms with Crippen molar-refractivity contribution >= 4 is 23.5 Å². The zero-order valence-electron chi connectivity index (χ0n) is 18.0. The third kappa shape index (κ3) is 8.01. The number of ether oxygens (including phenoxy) is 3. The fourth-order valence-corrected chi connectivity index (χ4v) is 3.73. The van der Waals surface area contributed by atoms with Crippen LogP contribution in [0.3, 0.4) is 0 Å². The van der Waals surface area contributed by atoms with Crippen molar-refractivity contribution in [3.63, 3.8) is 0 Å². The summed E-state index contributed by atoms with van der Waals surface area (Å²) in [6.45, 7) is 8.71. The number of hydrogen-bond acceptors (Lipinski definition) is 7. The molecule has 7 nitrogen and oxygen atoms in total. The Morgan fingerprint density at radius 3 is 2.72 bits per heavy atom. The lowest BCUT2D eigenvalue weighted by molar-refractivity contribution is -0.944. The second-order valence-corrected chi connectivity index (χ2v) is 8.05. The molecule has 1 aromatic rings. The molecule has 0 N–H and O–H groups in total. The maximum Gasteiger partial charge on any atom is 0.512 e. The largest absolute Gasteiger partial charge is 1.00 e. The van der Waals surface area contributed by atoms with Crippen LogP contribution in [0.2, 0.25) is 0 Å². The van der Waals surface area contributed by atoms with E-state index < -0.39 is 6.16 Å². The highest BCUT2D eigenvalue weighted by atomic mass is 127. The van der Waals surface area contributed by atoms with Gasteiger partial charge in [0.1, 0.15) is 12.2 Å². The van der Waals surface area contributed by atoms with E-state index >= 15 is 0 Å². The van der Waals surface area contributed by atoms with Gasteiger partial charge in [0.15, 0.2) is 0 Å². The van der Waals surface area contributed by atoms with Gasteiger partial charge in [0.2, 0.25) is 6.23 Å². The molecule has 1 aliphatic rings. The Morgan fingerprint density at radius 1 is 1.21 bits per heavy atom. The van der Waals surface area contributed by atoms with Crippen LogP contribution < -0.4 is 28.7 Å². The highest BCUT2D eigenvalue weighted by Crippen LogP contribution is 2.31. The molecule has 1 aromatic heterocycles. The average Bonchev–Trinajstić information content (AvgIpc) is 3.15. The summed E-state index contributed by atoms with van der Waals surface area (Å²) in [7, 11) is 2.09. The van der Waals surface area contributed by atoms with Gasteiger partial charge in [0.05, 0.1) is 38.5 Å². The summed E-state index contributed by atoms with van der Waals surface area (Å²) < 4.78 is 25.9. The molecule has 0 bridgehead atoms. The Kier molecular flexibility index (Phi) is 12.0. The van der Waals surface area contributed by atoms with Crippen LogP contribution in [0.4, 0.5) is 4.79 Å². The van der Waals surface area contributed by atoms with E-state index in [1.54, 1.807) is 0 Å². The molecule has 1 aliphatic heterocycles. The minimum absolute atomic E-state index is 0. The number of carbonyl (C=O) groups is 1. The Morgan fingerprint density at radius 2 is 2.00 bits per heavy atom. The second kappa shape index (κ2) is 13.4. The van der Waals surface area contributed by atoms with Gasteiger partial charge in [0, 0.05) is 18.9 Å². The van der Waals surface area contributed by atoms with Crippen LogP contribution in [-0.4, -0.2) is 59.0 Å². The first-order valence-electron chi connectivity index (χ1n) is 10.3. The summed E-state index contributed by atoms with van der Waals surface area (Å²) in [6, 6.07) is 0. The molecule has 2 atom stereocenters. The van der Waals surface area contributed by atoms with Crippen LogP contribution in [0.15, 0.2) is 6.08 Å². The predicted molar refractivity (Wildman–Crippen MR) is 110 cm³/mol. The first-order valence-corrected chi connectivity index (χ1v) is 11.1. The monoisotopic (exact) mass is 539 g/mol. The zero-order valence-corrected chi connectivity index (χ0v) is 21.0. The number of nitrogens with zero attached hydrogens (tertiary/aromatic N) is 3. The molecule has 29 heavy (non-hydrogen) atoms. The standard InChI is InChI=1S/C20H34N3O4S.HI/c1-5-7-8-9-14-25-19-18(21-28-22-19)17-11-10-12-23(4,15-17)16(3)27-20(24)26-13-6-2;/h11,16H,5-10,12-15H2,1-4H3;1H/q+1;/p-1. The highest BCUT2D eigenvalue weighted by Gasteiger charge is 2.37. The van der Waals surface area contributed by atoms with Gasteiger partial charge in [-0.25, -0.2) is 4.79 Å². The van der Waals surface area contributed by atoms with E-state index in [4.69, 9.17) is 14.2 Å². The molecule has 0 amide bonds. The molecular weight excluding hydrogens is 505 g/mol. The SMILES string of the molecule is CCCCCCOc1nsnc1C1=CCC[N+](C)(C(C)OC(=O)OCCC)C1.[I-]. The molecule has 0 aromatic carbocycles. The van der Waals surface area contributed by atoms with E-state index in [9.17, 15) is 4.79 Å². The maximum absolute atomic E-state index is 11.8. The minimum Gasteiger partial charge on any atom is -1.00 e. The number of carbonyl (C=O) groups excluding carboxylic acids is 1. The van der Waals surface area contributed by atoms with E-state index in [0.717, 1.165) is 37.1 Å². The Labute approximate surface area is 195 Å². The van der Waals surface area contributed by atoms with Crippen molar-refractivity contribution in [3.8, 4) is 5.88 Å². The van der Waals surface area contributed by atoms with Crippen molar-refractivity contribution in [3.05, 3.63) is 11.8 Å². The third-order valence-corrected chi connectivity index (χ3v) is 5.64. The number of halogens is 1. The van der Waals surface area contributed by atoms with Crippen molar-refractivity contribution < 1.29 is 47.5 Å². The number of aromatic nitrogens is 2. The molecule has 0 aliphatic carbocycles.